The first-order valence-electron chi connectivity index (χ1n) is 21.9. The number of aromatic carboxylic acids is 1. The molecule has 7 rings (SSSR count). The molecule has 61 heavy (non-hydrogen) atoms. The molecule has 12 nitrogen and oxygen atoms in total. The Balaban J connectivity index is 1.05. The molecule has 3 heterocycles. The van der Waals surface area contributed by atoms with Gasteiger partial charge in [0.2, 0.25) is 10.0 Å². The zero-order valence-electron chi connectivity index (χ0n) is 36.4. The number of aryl methyl sites for hydroxylation is 1. The summed E-state index contributed by atoms with van der Waals surface area (Å²) in [6.07, 6.45) is 4.88. The number of aliphatic hydroxyl groups excluding tert-OH is 1. The topological polar surface area (TPSA) is 158 Å². The highest BCUT2D eigenvalue weighted by atomic mass is 32.2. The van der Waals surface area contributed by atoms with Gasteiger partial charge in [-0.1, -0.05) is 46.2 Å². The number of fused-ring (bicyclic) bond motifs is 2. The van der Waals surface area contributed by atoms with E-state index in [-0.39, 0.29) is 66.5 Å². The molecule has 2 unspecified atom stereocenters. The molecule has 0 spiro atoms. The molecule has 3 fully saturated rings. The van der Waals surface area contributed by atoms with E-state index in [0.29, 0.717) is 36.7 Å². The molecule has 4 aliphatic rings. The fraction of sp³-hybridized carbons (Fsp3) is 0.617. The van der Waals surface area contributed by atoms with E-state index in [1.54, 1.807) is 23.5 Å². The third-order valence-electron chi connectivity index (χ3n) is 13.3. The van der Waals surface area contributed by atoms with E-state index in [2.05, 4.69) is 13.8 Å². The van der Waals surface area contributed by atoms with Crippen LogP contribution in [-0.2, 0) is 48.3 Å². The Bertz CT molecular complexity index is 2120. The van der Waals surface area contributed by atoms with Crippen molar-refractivity contribution in [3.63, 3.8) is 0 Å². The SMILES string of the molecule is COc1ccc(S(=O)(=O)N(CC(C)C)C[C@@H](O)[C@@H](CC(=O)O[C@H]2CO[C@@]3(C)OCC[C@@H]23)Cc2ccc(OCC3CCCC3c3sc4c(c3C(=O)O)CC(C)(C)CC4)cc2)cc1. The third kappa shape index (κ3) is 10.3. The van der Waals surface area contributed by atoms with E-state index in [1.165, 1.54) is 28.4 Å². The number of rotatable bonds is 18. The van der Waals surface area contributed by atoms with Crippen LogP contribution < -0.4 is 9.47 Å². The van der Waals surface area contributed by atoms with Gasteiger partial charge in [-0.05, 0) is 111 Å². The van der Waals surface area contributed by atoms with Crippen molar-refractivity contribution in [2.75, 3.05) is 40.0 Å². The van der Waals surface area contributed by atoms with Gasteiger partial charge in [-0.2, -0.15) is 4.31 Å². The summed E-state index contributed by atoms with van der Waals surface area (Å²) in [5.41, 5.74) is 2.50. The number of aliphatic hydroxyl groups is 1. The summed E-state index contributed by atoms with van der Waals surface area (Å²) in [6, 6.07) is 13.8. The Labute approximate surface area is 364 Å². The molecule has 1 saturated carbocycles. The number of hydrogen-bond donors (Lipinski definition) is 2. The molecule has 3 aromatic rings. The number of benzene rings is 2. The number of sulfonamides is 1. The molecule has 2 N–H and O–H groups in total. The third-order valence-corrected chi connectivity index (χ3v) is 16.6. The van der Waals surface area contributed by atoms with Gasteiger partial charge < -0.3 is 33.9 Å². The van der Waals surface area contributed by atoms with Crippen molar-refractivity contribution in [2.24, 2.45) is 29.1 Å². The normalized spacial score (nSPS) is 25.6. The van der Waals surface area contributed by atoms with Gasteiger partial charge in [-0.3, -0.25) is 4.79 Å². The highest BCUT2D eigenvalue weighted by molar-refractivity contribution is 7.89. The Morgan fingerprint density at radius 2 is 1.70 bits per heavy atom. The van der Waals surface area contributed by atoms with Crippen LogP contribution in [0.5, 0.6) is 11.5 Å². The van der Waals surface area contributed by atoms with Gasteiger partial charge >= 0.3 is 11.9 Å². The van der Waals surface area contributed by atoms with Gasteiger partial charge in [-0.25, -0.2) is 13.2 Å². The second-order valence-corrected chi connectivity index (χ2v) is 21.9. The van der Waals surface area contributed by atoms with Crippen LogP contribution in [0.2, 0.25) is 0 Å². The summed E-state index contributed by atoms with van der Waals surface area (Å²) >= 11 is 1.71. The molecule has 2 aliphatic heterocycles. The summed E-state index contributed by atoms with van der Waals surface area (Å²) in [5.74, 6) is -1.38. The summed E-state index contributed by atoms with van der Waals surface area (Å²) < 4.78 is 58.6. The van der Waals surface area contributed by atoms with Crippen LogP contribution in [-0.4, -0.2) is 92.9 Å². The Morgan fingerprint density at radius 1 is 0.984 bits per heavy atom. The number of methoxy groups -OCH3 is 1. The predicted molar refractivity (Wildman–Crippen MR) is 232 cm³/mol. The molecule has 0 bridgehead atoms. The maximum Gasteiger partial charge on any atom is 0.337 e. The minimum atomic E-state index is -4.01. The first-order chi connectivity index (χ1) is 29.0. The summed E-state index contributed by atoms with van der Waals surface area (Å²) in [6.45, 7) is 11.3. The van der Waals surface area contributed by atoms with Gasteiger partial charge in [-0.15, -0.1) is 11.3 Å². The van der Waals surface area contributed by atoms with Crippen LogP contribution in [0.4, 0.5) is 0 Å². The van der Waals surface area contributed by atoms with Crippen molar-refractivity contribution in [1.82, 2.24) is 4.31 Å². The van der Waals surface area contributed by atoms with E-state index in [0.717, 1.165) is 54.5 Å². The fourth-order valence-corrected chi connectivity index (χ4v) is 13.0. The number of esters is 1. The van der Waals surface area contributed by atoms with Crippen molar-refractivity contribution in [1.29, 1.82) is 0 Å². The minimum absolute atomic E-state index is 0.0386. The number of hydrogen-bond acceptors (Lipinski definition) is 11. The molecule has 2 aliphatic carbocycles. The number of thiophene rings is 1. The average molecular weight is 882 g/mol. The van der Waals surface area contributed by atoms with E-state index in [1.807, 2.05) is 45.0 Å². The van der Waals surface area contributed by atoms with E-state index in [9.17, 15) is 28.2 Å². The largest absolute Gasteiger partial charge is 0.497 e. The second kappa shape index (κ2) is 18.7. The fourth-order valence-electron chi connectivity index (χ4n) is 9.86. The highest BCUT2D eigenvalue weighted by Gasteiger charge is 2.53. The van der Waals surface area contributed by atoms with Crippen LogP contribution in [0.3, 0.4) is 0 Å². The lowest BCUT2D eigenvalue weighted by Crippen LogP contribution is -2.43. The number of carboxylic acid groups (broad SMARTS) is 1. The predicted octanol–water partition coefficient (Wildman–Crippen LogP) is 7.88. The number of carboxylic acids is 1. The van der Waals surface area contributed by atoms with Gasteiger partial charge in [0.05, 0.1) is 55.8 Å². The lowest BCUT2D eigenvalue weighted by molar-refractivity contribution is -0.181. The number of ether oxygens (including phenoxy) is 5. The molecule has 14 heteroatoms. The quantitative estimate of drug-likeness (QED) is 0.120. The van der Waals surface area contributed by atoms with Crippen molar-refractivity contribution < 1.29 is 51.9 Å². The molecular formula is C47H63NO11S2. The smallest absolute Gasteiger partial charge is 0.337 e. The summed E-state index contributed by atoms with van der Waals surface area (Å²) in [7, 11) is -2.50. The van der Waals surface area contributed by atoms with Crippen molar-refractivity contribution in [2.45, 2.75) is 121 Å². The minimum Gasteiger partial charge on any atom is -0.497 e. The van der Waals surface area contributed by atoms with Crippen LogP contribution >= 0.6 is 11.3 Å². The molecule has 2 saturated heterocycles. The Kier molecular flexibility index (Phi) is 13.9. The van der Waals surface area contributed by atoms with Crippen molar-refractivity contribution in [3.05, 3.63) is 75.0 Å². The first kappa shape index (κ1) is 45.5. The molecule has 0 radical (unpaired) electrons. The molecule has 1 aromatic heterocycles. The Morgan fingerprint density at radius 3 is 2.39 bits per heavy atom. The zero-order chi connectivity index (χ0) is 43.7. The van der Waals surface area contributed by atoms with E-state index >= 15 is 0 Å². The van der Waals surface area contributed by atoms with Gasteiger partial charge in [0, 0.05) is 40.6 Å². The molecular weight excluding hydrogens is 819 g/mol. The van der Waals surface area contributed by atoms with E-state index < -0.39 is 45.9 Å². The first-order valence-corrected chi connectivity index (χ1v) is 24.1. The van der Waals surface area contributed by atoms with Gasteiger partial charge in [0.15, 0.2) is 5.79 Å². The molecule has 2 aromatic carbocycles. The summed E-state index contributed by atoms with van der Waals surface area (Å²) in [5, 5.41) is 22.3. The van der Waals surface area contributed by atoms with Crippen LogP contribution in [0.25, 0.3) is 0 Å². The lowest BCUT2D eigenvalue weighted by Gasteiger charge is -2.30. The van der Waals surface area contributed by atoms with Crippen molar-refractivity contribution >= 4 is 33.3 Å². The maximum absolute atomic E-state index is 14.0. The van der Waals surface area contributed by atoms with Gasteiger partial charge in [0.25, 0.3) is 0 Å². The number of carbonyl (C=O) groups excluding carboxylic acids is 1. The van der Waals surface area contributed by atoms with Gasteiger partial charge in [0.1, 0.15) is 17.6 Å². The lowest BCUT2D eigenvalue weighted by atomic mass is 9.75. The van der Waals surface area contributed by atoms with Crippen LogP contribution in [0.1, 0.15) is 110 Å². The highest BCUT2D eigenvalue weighted by Crippen LogP contribution is 2.49. The van der Waals surface area contributed by atoms with Crippen LogP contribution in [0.15, 0.2) is 53.4 Å². The van der Waals surface area contributed by atoms with Crippen molar-refractivity contribution in [3.8, 4) is 11.5 Å². The second-order valence-electron chi connectivity index (χ2n) is 18.9. The molecule has 7 atom stereocenters. The standard InChI is InChI=1S/C47H63NO11S2/c1-29(2)25-48(61(53,54)35-16-14-33(55-6)15-17-35)26-39(49)32(23-42(50)59-40-28-58-47(5)38(40)19-21-57-47)22-30-10-12-34(13-11-30)56-27-31-8-7-9-36(31)44-43(45(51)52)37-24-46(3,4)20-18-41(37)60-44/h10-17,29,31-32,36,38-40,49H,7-9,18-28H2,1-6H3,(H,51,52)/t31?,32-,36?,38+,39-,40+,47-/m1/s1. The number of nitrogens with zero attached hydrogens (tertiary/aromatic N) is 1. The molecule has 0 amide bonds. The summed E-state index contributed by atoms with van der Waals surface area (Å²) in [4.78, 5) is 28.6. The maximum atomic E-state index is 14.0. The van der Waals surface area contributed by atoms with Crippen LogP contribution in [0, 0.1) is 29.1 Å². The average Bonchev–Trinajstić information content (AvgIpc) is 3.99. The van der Waals surface area contributed by atoms with E-state index in [4.69, 9.17) is 23.7 Å². The monoisotopic (exact) mass is 881 g/mol. The Hall–Kier alpha value is -3.53. The molecule has 334 valence electrons. The zero-order valence-corrected chi connectivity index (χ0v) is 38.0. The number of carbonyl (C=O) groups is 2.